The highest BCUT2D eigenvalue weighted by atomic mass is 32.2. The quantitative estimate of drug-likeness (QED) is 0.865. The maximum atomic E-state index is 11.0. The number of piperazine rings is 1. The van der Waals surface area contributed by atoms with E-state index >= 15 is 0 Å². The molecule has 0 radical (unpaired) electrons. The molecule has 5 nitrogen and oxygen atoms in total. The minimum atomic E-state index is -4.10. The first-order valence-corrected chi connectivity index (χ1v) is 9.04. The second-order valence-electron chi connectivity index (χ2n) is 5.93. The first kappa shape index (κ1) is 14.8. The van der Waals surface area contributed by atoms with Crippen LogP contribution in [0.5, 0.6) is 0 Å². The highest BCUT2D eigenvalue weighted by Crippen LogP contribution is 2.26. The van der Waals surface area contributed by atoms with Gasteiger partial charge in [-0.2, -0.15) is 8.42 Å². The first-order chi connectivity index (χ1) is 10.0. The Hall–Kier alpha value is -1.11. The SMILES string of the molecule is O=S(=O)(O)c1ccc(N2CCN(C3CCCC3)CC2)cc1. The fourth-order valence-electron chi connectivity index (χ4n) is 3.44. The highest BCUT2D eigenvalue weighted by Gasteiger charge is 2.26. The zero-order valence-electron chi connectivity index (χ0n) is 12.1. The van der Waals surface area contributed by atoms with Crippen molar-refractivity contribution in [2.24, 2.45) is 0 Å². The van der Waals surface area contributed by atoms with Gasteiger partial charge < -0.3 is 4.90 Å². The standard InChI is InChI=1S/C15H22N2O3S/c18-21(19,20)15-7-5-14(6-8-15)17-11-9-16(10-12-17)13-3-1-2-4-13/h5-8,13H,1-4,9-12H2,(H,18,19,20). The van der Waals surface area contributed by atoms with Crippen LogP contribution in [0.1, 0.15) is 25.7 Å². The molecule has 1 heterocycles. The Morgan fingerprint density at radius 2 is 1.52 bits per heavy atom. The molecular formula is C15H22N2O3S. The molecule has 1 saturated carbocycles. The van der Waals surface area contributed by atoms with Crippen LogP contribution in [0.25, 0.3) is 0 Å². The zero-order valence-corrected chi connectivity index (χ0v) is 12.9. The van der Waals surface area contributed by atoms with Gasteiger partial charge in [-0.3, -0.25) is 9.45 Å². The van der Waals surface area contributed by atoms with Gasteiger partial charge >= 0.3 is 0 Å². The van der Waals surface area contributed by atoms with Crippen molar-refractivity contribution in [2.45, 2.75) is 36.6 Å². The van der Waals surface area contributed by atoms with E-state index in [1.165, 1.54) is 37.8 Å². The molecule has 1 aromatic carbocycles. The Balaban J connectivity index is 1.61. The number of hydrogen-bond donors (Lipinski definition) is 1. The minimum absolute atomic E-state index is 0.0455. The fraction of sp³-hybridized carbons (Fsp3) is 0.600. The van der Waals surface area contributed by atoms with Crippen molar-refractivity contribution >= 4 is 15.8 Å². The summed E-state index contributed by atoms with van der Waals surface area (Å²) in [6.45, 7) is 4.10. The third kappa shape index (κ3) is 3.39. The number of benzene rings is 1. The van der Waals surface area contributed by atoms with Gasteiger partial charge in [-0.05, 0) is 37.1 Å². The highest BCUT2D eigenvalue weighted by molar-refractivity contribution is 7.85. The van der Waals surface area contributed by atoms with Gasteiger partial charge in [0.1, 0.15) is 0 Å². The van der Waals surface area contributed by atoms with Crippen LogP contribution < -0.4 is 4.90 Å². The number of anilines is 1. The third-order valence-corrected chi connectivity index (χ3v) is 5.52. The van der Waals surface area contributed by atoms with Gasteiger partial charge in [0.2, 0.25) is 0 Å². The lowest BCUT2D eigenvalue weighted by Gasteiger charge is -2.39. The zero-order chi connectivity index (χ0) is 14.9. The molecular weight excluding hydrogens is 288 g/mol. The molecule has 21 heavy (non-hydrogen) atoms. The smallest absolute Gasteiger partial charge is 0.294 e. The Morgan fingerprint density at radius 3 is 2.05 bits per heavy atom. The third-order valence-electron chi connectivity index (χ3n) is 4.66. The summed E-state index contributed by atoms with van der Waals surface area (Å²) in [5.74, 6) is 0. The Morgan fingerprint density at radius 1 is 0.952 bits per heavy atom. The predicted molar refractivity (Wildman–Crippen MR) is 82.3 cm³/mol. The van der Waals surface area contributed by atoms with E-state index in [1.807, 2.05) is 0 Å². The van der Waals surface area contributed by atoms with Crippen LogP contribution in [-0.4, -0.2) is 50.1 Å². The molecule has 2 aliphatic rings. The summed E-state index contributed by atoms with van der Waals surface area (Å²) < 4.78 is 31.1. The average Bonchev–Trinajstić information content (AvgIpc) is 3.01. The van der Waals surface area contributed by atoms with E-state index in [9.17, 15) is 8.42 Å². The molecule has 1 N–H and O–H groups in total. The lowest BCUT2D eigenvalue weighted by molar-refractivity contribution is 0.187. The minimum Gasteiger partial charge on any atom is -0.369 e. The van der Waals surface area contributed by atoms with Crippen LogP contribution in [0.2, 0.25) is 0 Å². The van der Waals surface area contributed by atoms with Crippen molar-refractivity contribution in [3.63, 3.8) is 0 Å². The number of nitrogens with zero attached hydrogens (tertiary/aromatic N) is 2. The van der Waals surface area contributed by atoms with Gasteiger partial charge in [0.05, 0.1) is 4.90 Å². The average molecular weight is 310 g/mol. The molecule has 0 aromatic heterocycles. The van der Waals surface area contributed by atoms with E-state index in [4.69, 9.17) is 4.55 Å². The lowest BCUT2D eigenvalue weighted by Crippen LogP contribution is -2.49. The van der Waals surface area contributed by atoms with Crippen LogP contribution in [0.3, 0.4) is 0 Å². The Labute approximate surface area is 126 Å². The molecule has 0 bridgehead atoms. The molecule has 0 atom stereocenters. The summed E-state index contributed by atoms with van der Waals surface area (Å²) >= 11 is 0. The number of rotatable bonds is 3. The van der Waals surface area contributed by atoms with Crippen LogP contribution in [0.4, 0.5) is 5.69 Å². The molecule has 0 unspecified atom stereocenters. The van der Waals surface area contributed by atoms with Crippen LogP contribution >= 0.6 is 0 Å². The van der Waals surface area contributed by atoms with Crippen molar-refractivity contribution in [3.8, 4) is 0 Å². The Kier molecular flexibility index (Phi) is 4.19. The molecule has 3 rings (SSSR count). The summed E-state index contributed by atoms with van der Waals surface area (Å²) in [6, 6.07) is 7.25. The normalized spacial score (nSPS) is 21.9. The molecule has 0 amide bonds. The molecule has 1 saturated heterocycles. The van der Waals surface area contributed by atoms with E-state index in [0.29, 0.717) is 0 Å². The Bertz CT molecular complexity index is 571. The maximum Gasteiger partial charge on any atom is 0.294 e. The maximum absolute atomic E-state index is 11.0. The molecule has 1 aromatic rings. The van der Waals surface area contributed by atoms with Crippen molar-refractivity contribution < 1.29 is 13.0 Å². The van der Waals surface area contributed by atoms with Crippen molar-refractivity contribution in [2.75, 3.05) is 31.1 Å². The van der Waals surface area contributed by atoms with Gasteiger partial charge in [-0.1, -0.05) is 12.8 Å². The summed E-state index contributed by atoms with van der Waals surface area (Å²) in [5, 5.41) is 0. The predicted octanol–water partition coefficient (Wildman–Crippen LogP) is 2.00. The van der Waals surface area contributed by atoms with E-state index in [-0.39, 0.29) is 4.90 Å². The molecule has 1 aliphatic carbocycles. The monoisotopic (exact) mass is 310 g/mol. The summed E-state index contributed by atoms with van der Waals surface area (Å²) in [4.78, 5) is 4.82. The number of hydrogen-bond acceptors (Lipinski definition) is 4. The molecule has 1 aliphatic heterocycles. The second-order valence-corrected chi connectivity index (χ2v) is 7.35. The van der Waals surface area contributed by atoms with E-state index in [2.05, 4.69) is 9.80 Å². The van der Waals surface area contributed by atoms with E-state index in [1.54, 1.807) is 12.1 Å². The van der Waals surface area contributed by atoms with Gasteiger partial charge in [0.25, 0.3) is 10.1 Å². The van der Waals surface area contributed by atoms with Crippen LogP contribution in [-0.2, 0) is 10.1 Å². The largest absolute Gasteiger partial charge is 0.369 e. The molecule has 2 fully saturated rings. The first-order valence-electron chi connectivity index (χ1n) is 7.60. The van der Waals surface area contributed by atoms with E-state index in [0.717, 1.165) is 37.9 Å². The van der Waals surface area contributed by atoms with Crippen molar-refractivity contribution in [1.29, 1.82) is 0 Å². The van der Waals surface area contributed by atoms with Crippen molar-refractivity contribution in [1.82, 2.24) is 4.90 Å². The topological polar surface area (TPSA) is 60.9 Å². The molecule has 6 heteroatoms. The summed E-state index contributed by atoms with van der Waals surface area (Å²) in [5.41, 5.74) is 1.02. The summed E-state index contributed by atoms with van der Waals surface area (Å²) in [6.07, 6.45) is 5.40. The van der Waals surface area contributed by atoms with Gasteiger partial charge in [0, 0.05) is 37.9 Å². The van der Waals surface area contributed by atoms with E-state index < -0.39 is 10.1 Å². The fourth-order valence-corrected chi connectivity index (χ4v) is 3.92. The molecule has 116 valence electrons. The van der Waals surface area contributed by atoms with Crippen molar-refractivity contribution in [3.05, 3.63) is 24.3 Å². The van der Waals surface area contributed by atoms with Crippen LogP contribution in [0, 0.1) is 0 Å². The van der Waals surface area contributed by atoms with Gasteiger partial charge in [0.15, 0.2) is 0 Å². The molecule has 0 spiro atoms. The van der Waals surface area contributed by atoms with Gasteiger partial charge in [-0.25, -0.2) is 0 Å². The van der Waals surface area contributed by atoms with Gasteiger partial charge in [-0.15, -0.1) is 0 Å². The second kappa shape index (κ2) is 5.94. The van der Waals surface area contributed by atoms with Crippen LogP contribution in [0.15, 0.2) is 29.2 Å². The summed E-state index contributed by atoms with van der Waals surface area (Å²) in [7, 11) is -4.10. The lowest BCUT2D eigenvalue weighted by atomic mass is 10.1.